The highest BCUT2D eigenvalue weighted by molar-refractivity contribution is 7.98. The lowest BCUT2D eigenvalue weighted by Gasteiger charge is -2.31. The predicted octanol–water partition coefficient (Wildman–Crippen LogP) is 4.68. The third-order valence-corrected chi connectivity index (χ3v) is 7.43. The summed E-state index contributed by atoms with van der Waals surface area (Å²) < 4.78 is 16.5. The van der Waals surface area contributed by atoms with Gasteiger partial charge in [0, 0.05) is 23.8 Å². The summed E-state index contributed by atoms with van der Waals surface area (Å²) in [5.74, 6) is 3.24. The molecule has 0 bridgehead atoms. The fourth-order valence-electron chi connectivity index (χ4n) is 4.66. The quantitative estimate of drug-likeness (QED) is 0.507. The summed E-state index contributed by atoms with van der Waals surface area (Å²) in [7, 11) is 0. The van der Waals surface area contributed by atoms with Crippen LogP contribution in [0, 0.1) is 6.92 Å². The SMILES string of the molecule is Cc1nc(CSc2ccccc2C(=O)NCC2(c3ccc4c(c3)OCCO4)CCCC2)no1. The third kappa shape index (κ3) is 4.71. The zero-order chi connectivity index (χ0) is 22.7. The normalized spacial score (nSPS) is 16.5. The summed E-state index contributed by atoms with van der Waals surface area (Å²) in [6, 6.07) is 13.9. The van der Waals surface area contributed by atoms with Crippen LogP contribution in [0.3, 0.4) is 0 Å². The van der Waals surface area contributed by atoms with Gasteiger partial charge in [0.05, 0.1) is 11.3 Å². The van der Waals surface area contributed by atoms with Gasteiger partial charge in [0.1, 0.15) is 13.2 Å². The lowest BCUT2D eigenvalue weighted by atomic mass is 9.78. The minimum atomic E-state index is -0.0876. The number of hydrogen-bond donors (Lipinski definition) is 1. The highest BCUT2D eigenvalue weighted by Gasteiger charge is 2.37. The van der Waals surface area contributed by atoms with Crippen molar-refractivity contribution in [3.63, 3.8) is 0 Å². The number of aromatic nitrogens is 2. The molecular weight excluding hydrogens is 438 g/mol. The first-order valence-electron chi connectivity index (χ1n) is 11.3. The molecule has 1 amide bonds. The van der Waals surface area contributed by atoms with Crippen LogP contribution in [0.15, 0.2) is 51.9 Å². The molecule has 0 radical (unpaired) electrons. The van der Waals surface area contributed by atoms with Crippen LogP contribution in [-0.2, 0) is 11.2 Å². The van der Waals surface area contributed by atoms with E-state index in [4.69, 9.17) is 14.0 Å². The zero-order valence-corrected chi connectivity index (χ0v) is 19.5. The number of aryl methyl sites for hydroxylation is 1. The number of rotatable bonds is 7. The number of ether oxygens (including phenoxy) is 2. The van der Waals surface area contributed by atoms with Gasteiger partial charge in [-0.3, -0.25) is 4.79 Å². The first-order chi connectivity index (χ1) is 16.1. The molecule has 7 nitrogen and oxygen atoms in total. The number of benzene rings is 2. The topological polar surface area (TPSA) is 86.5 Å². The van der Waals surface area contributed by atoms with Gasteiger partial charge in [0.15, 0.2) is 17.3 Å². The van der Waals surface area contributed by atoms with Gasteiger partial charge in [-0.25, -0.2) is 0 Å². The Morgan fingerprint density at radius 2 is 1.88 bits per heavy atom. The molecular formula is C25H27N3O4S. The van der Waals surface area contributed by atoms with Crippen LogP contribution in [0.2, 0.25) is 0 Å². The summed E-state index contributed by atoms with van der Waals surface area (Å²) in [6.45, 7) is 3.51. The van der Waals surface area contributed by atoms with Crippen LogP contribution in [0.1, 0.15) is 53.3 Å². The summed E-state index contributed by atoms with van der Waals surface area (Å²) in [4.78, 5) is 18.4. The van der Waals surface area contributed by atoms with Gasteiger partial charge in [0.25, 0.3) is 5.91 Å². The van der Waals surface area contributed by atoms with Crippen molar-refractivity contribution in [3.05, 3.63) is 65.3 Å². The van der Waals surface area contributed by atoms with E-state index >= 15 is 0 Å². The van der Waals surface area contributed by atoms with Gasteiger partial charge in [0.2, 0.25) is 5.89 Å². The lowest BCUT2D eigenvalue weighted by molar-refractivity contribution is 0.0940. The van der Waals surface area contributed by atoms with Gasteiger partial charge < -0.3 is 19.3 Å². The Balaban J connectivity index is 1.30. The number of nitrogens with zero attached hydrogens (tertiary/aromatic N) is 2. The van der Waals surface area contributed by atoms with E-state index in [1.165, 1.54) is 17.3 Å². The van der Waals surface area contributed by atoms with E-state index in [0.29, 0.717) is 42.8 Å². The second kappa shape index (κ2) is 9.47. The van der Waals surface area contributed by atoms with Gasteiger partial charge in [-0.05, 0) is 42.7 Å². The molecule has 2 heterocycles. The van der Waals surface area contributed by atoms with Crippen LogP contribution in [-0.4, -0.2) is 35.8 Å². The van der Waals surface area contributed by atoms with Crippen molar-refractivity contribution < 1.29 is 18.8 Å². The third-order valence-electron chi connectivity index (χ3n) is 6.36. The van der Waals surface area contributed by atoms with Gasteiger partial charge in [-0.1, -0.05) is 36.2 Å². The fraction of sp³-hybridized carbons (Fsp3) is 0.400. The Kier molecular flexibility index (Phi) is 6.26. The van der Waals surface area contributed by atoms with E-state index in [2.05, 4.69) is 27.6 Å². The van der Waals surface area contributed by atoms with E-state index in [9.17, 15) is 4.79 Å². The highest BCUT2D eigenvalue weighted by Crippen LogP contribution is 2.44. The molecule has 2 aliphatic rings. The number of carbonyl (C=O) groups is 1. The molecule has 1 aliphatic carbocycles. The standard InChI is InChI=1S/C25H27N3O4S/c1-17-27-23(28-32-17)15-33-22-7-3-2-6-19(22)24(29)26-16-25(10-4-5-11-25)18-8-9-20-21(14-18)31-13-12-30-20/h2-3,6-9,14H,4-5,10-13,15-16H2,1H3,(H,26,29). The molecule has 0 atom stereocenters. The van der Waals surface area contributed by atoms with Crippen LogP contribution in [0.5, 0.6) is 11.5 Å². The average molecular weight is 466 g/mol. The maximum absolute atomic E-state index is 13.2. The second-order valence-electron chi connectivity index (χ2n) is 8.54. The van der Waals surface area contributed by atoms with Crippen molar-refractivity contribution >= 4 is 17.7 Å². The Labute approximate surface area is 197 Å². The van der Waals surface area contributed by atoms with Crippen molar-refractivity contribution in [2.45, 2.75) is 48.7 Å². The Morgan fingerprint density at radius 1 is 1.09 bits per heavy atom. The lowest BCUT2D eigenvalue weighted by Crippen LogP contribution is -2.39. The van der Waals surface area contributed by atoms with Crippen molar-refractivity contribution in [1.29, 1.82) is 0 Å². The molecule has 1 aromatic heterocycles. The number of thioether (sulfide) groups is 1. The molecule has 1 N–H and O–H groups in total. The largest absolute Gasteiger partial charge is 0.486 e. The monoisotopic (exact) mass is 465 g/mol. The summed E-state index contributed by atoms with van der Waals surface area (Å²) >= 11 is 1.53. The number of carbonyl (C=O) groups excluding carboxylic acids is 1. The van der Waals surface area contributed by atoms with Crippen molar-refractivity contribution in [2.24, 2.45) is 0 Å². The number of fused-ring (bicyclic) bond motifs is 1. The Bertz CT molecular complexity index is 1140. The maximum Gasteiger partial charge on any atom is 0.252 e. The van der Waals surface area contributed by atoms with Gasteiger partial charge >= 0.3 is 0 Å². The molecule has 1 aliphatic heterocycles. The van der Waals surface area contributed by atoms with Crippen LogP contribution >= 0.6 is 11.8 Å². The Hall–Kier alpha value is -3.00. The van der Waals surface area contributed by atoms with Crippen molar-refractivity contribution in [3.8, 4) is 11.5 Å². The van der Waals surface area contributed by atoms with Gasteiger partial charge in [-0.15, -0.1) is 11.8 Å². The van der Waals surface area contributed by atoms with Crippen LogP contribution < -0.4 is 14.8 Å². The van der Waals surface area contributed by atoms with E-state index in [0.717, 1.165) is 42.1 Å². The molecule has 0 saturated heterocycles. The summed E-state index contributed by atoms with van der Waals surface area (Å²) in [5, 5.41) is 7.17. The molecule has 172 valence electrons. The molecule has 1 fully saturated rings. The Morgan fingerprint density at radius 3 is 2.67 bits per heavy atom. The molecule has 0 spiro atoms. The fourth-order valence-corrected chi connectivity index (χ4v) is 5.55. The predicted molar refractivity (Wildman–Crippen MR) is 125 cm³/mol. The smallest absolute Gasteiger partial charge is 0.252 e. The van der Waals surface area contributed by atoms with E-state index in [1.807, 2.05) is 30.3 Å². The number of amides is 1. The highest BCUT2D eigenvalue weighted by atomic mass is 32.2. The molecule has 3 aromatic rings. The van der Waals surface area contributed by atoms with E-state index in [-0.39, 0.29) is 11.3 Å². The number of nitrogens with one attached hydrogen (secondary N) is 1. The molecule has 0 unspecified atom stereocenters. The number of hydrogen-bond acceptors (Lipinski definition) is 7. The zero-order valence-electron chi connectivity index (χ0n) is 18.6. The first kappa shape index (κ1) is 21.8. The minimum Gasteiger partial charge on any atom is -0.486 e. The van der Waals surface area contributed by atoms with E-state index in [1.54, 1.807) is 6.92 Å². The second-order valence-corrected chi connectivity index (χ2v) is 9.56. The van der Waals surface area contributed by atoms with Crippen molar-refractivity contribution in [2.75, 3.05) is 19.8 Å². The van der Waals surface area contributed by atoms with Crippen LogP contribution in [0.4, 0.5) is 0 Å². The van der Waals surface area contributed by atoms with Gasteiger partial charge in [-0.2, -0.15) is 4.98 Å². The van der Waals surface area contributed by atoms with Crippen LogP contribution in [0.25, 0.3) is 0 Å². The first-order valence-corrected chi connectivity index (χ1v) is 12.3. The summed E-state index contributed by atoms with van der Waals surface area (Å²) in [5.41, 5.74) is 1.79. The average Bonchev–Trinajstić information content (AvgIpc) is 3.51. The summed E-state index contributed by atoms with van der Waals surface area (Å²) in [6.07, 6.45) is 4.39. The molecule has 8 heteroatoms. The minimum absolute atomic E-state index is 0.0637. The molecule has 1 saturated carbocycles. The van der Waals surface area contributed by atoms with Crippen molar-refractivity contribution in [1.82, 2.24) is 15.5 Å². The maximum atomic E-state index is 13.2. The molecule has 5 rings (SSSR count). The van der Waals surface area contributed by atoms with E-state index < -0.39 is 0 Å². The molecule has 2 aromatic carbocycles. The molecule has 33 heavy (non-hydrogen) atoms.